The zero-order valence-electron chi connectivity index (χ0n) is 18.7. The van der Waals surface area contributed by atoms with Crippen LogP contribution in [0.5, 0.6) is 5.75 Å². The summed E-state index contributed by atoms with van der Waals surface area (Å²) in [5.41, 5.74) is 2.97. The summed E-state index contributed by atoms with van der Waals surface area (Å²) < 4.78 is 5.22. The first-order valence-corrected chi connectivity index (χ1v) is 11.3. The van der Waals surface area contributed by atoms with Crippen molar-refractivity contribution in [2.24, 2.45) is 0 Å². The fraction of sp³-hybridized carbons (Fsp3) is 0.240. The number of carbonyl (C=O) groups excluding carboxylic acids is 2. The summed E-state index contributed by atoms with van der Waals surface area (Å²) in [6.07, 6.45) is 7.55. The van der Waals surface area contributed by atoms with E-state index in [1.807, 2.05) is 30.4 Å². The molecule has 1 N–H and O–H groups in total. The minimum atomic E-state index is -1.35. The first-order valence-electron chi connectivity index (χ1n) is 10.4. The third-order valence-corrected chi connectivity index (χ3v) is 6.39. The molecule has 2 aromatic carbocycles. The number of aromatic carboxylic acids is 1. The number of aromatic nitrogens is 1. The van der Waals surface area contributed by atoms with E-state index in [-0.39, 0.29) is 53.0 Å². The third-order valence-electron chi connectivity index (χ3n) is 5.56. The molecule has 6 nitrogen and oxygen atoms in total. The maximum atomic E-state index is 12.6. The molecule has 1 fully saturated rings. The number of thiazole rings is 1. The second-order valence-corrected chi connectivity index (χ2v) is 8.59. The Morgan fingerprint density at radius 3 is 2.70 bits per heavy atom. The summed E-state index contributed by atoms with van der Waals surface area (Å²) in [5.74, 6) is -0.736. The van der Waals surface area contributed by atoms with E-state index < -0.39 is 5.97 Å². The van der Waals surface area contributed by atoms with Crippen LogP contribution < -0.4 is 44.7 Å². The number of rotatable bonds is 8. The molecule has 0 aliphatic heterocycles. The minimum Gasteiger partial charge on any atom is -0.545 e. The Morgan fingerprint density at radius 1 is 1.21 bits per heavy atom. The molecule has 0 spiro atoms. The second-order valence-electron chi connectivity index (χ2n) is 7.70. The molecule has 1 aromatic heterocycles. The summed E-state index contributed by atoms with van der Waals surface area (Å²) in [4.78, 5) is 28.7. The number of methoxy groups -OCH3 is 1. The van der Waals surface area contributed by atoms with Crippen molar-refractivity contribution in [3.63, 3.8) is 0 Å². The van der Waals surface area contributed by atoms with Gasteiger partial charge in [-0.3, -0.25) is 4.79 Å². The van der Waals surface area contributed by atoms with Crippen LogP contribution >= 0.6 is 11.3 Å². The molecule has 1 aliphatic carbocycles. The van der Waals surface area contributed by atoms with Crippen LogP contribution in [0.4, 0.5) is 5.69 Å². The smallest absolute Gasteiger partial charge is 0.545 e. The van der Waals surface area contributed by atoms with E-state index in [2.05, 4.69) is 10.7 Å². The fourth-order valence-corrected chi connectivity index (χ4v) is 4.44. The maximum Gasteiger partial charge on any atom is 1.00 e. The van der Waals surface area contributed by atoms with Gasteiger partial charge in [-0.1, -0.05) is 36.8 Å². The van der Waals surface area contributed by atoms with Gasteiger partial charge in [0.2, 0.25) is 5.91 Å². The van der Waals surface area contributed by atoms with Crippen molar-refractivity contribution >= 4 is 41.1 Å². The number of carbonyl (C=O) groups is 2. The van der Waals surface area contributed by atoms with Gasteiger partial charge in [-0.05, 0) is 42.7 Å². The number of anilines is 1. The Balaban J connectivity index is 0.00000306. The summed E-state index contributed by atoms with van der Waals surface area (Å²) in [6.45, 7) is 0. The number of amides is 1. The number of ether oxygens (including phenoxy) is 1. The molecule has 4 rings (SSSR count). The summed E-state index contributed by atoms with van der Waals surface area (Å²) in [6, 6.07) is 12.0. The number of hydrogen-bond donors (Lipinski definition) is 1. The predicted octanol–water partition coefficient (Wildman–Crippen LogP) is 1.14. The number of carboxylic acids is 1. The number of hydrogen-bond acceptors (Lipinski definition) is 6. The molecule has 1 amide bonds. The molecule has 0 atom stereocenters. The molecule has 0 bridgehead atoms. The standard InChI is InChI=1S/C25H24N2O4S.Na/c1-31-22-10-4-9-19(25(29)30)20(22)14-23(28)26-18-8-2-5-16(13-18)11-12-24-27-21(15-32-24)17-6-3-7-17;/h2,4-5,8-13,15,17H,3,6-7,14H2,1H3,(H,26,28)(H,29,30);/q;+1/p-1/b12-11+;. The molecule has 1 aliphatic rings. The Bertz CT molecular complexity index is 1170. The first kappa shape index (κ1) is 25.2. The van der Waals surface area contributed by atoms with E-state index in [9.17, 15) is 14.7 Å². The largest absolute Gasteiger partial charge is 1.00 e. The number of nitrogens with one attached hydrogen (secondary N) is 1. The van der Waals surface area contributed by atoms with E-state index in [1.165, 1.54) is 38.1 Å². The molecular formula is C25H23N2NaO4S. The van der Waals surface area contributed by atoms with Gasteiger partial charge in [-0.25, -0.2) is 4.98 Å². The topological polar surface area (TPSA) is 91.4 Å². The molecular weight excluding hydrogens is 447 g/mol. The Morgan fingerprint density at radius 2 is 2.00 bits per heavy atom. The number of benzene rings is 2. The maximum absolute atomic E-state index is 12.6. The van der Waals surface area contributed by atoms with Gasteiger partial charge in [-0.15, -0.1) is 11.3 Å². The van der Waals surface area contributed by atoms with Crippen molar-refractivity contribution in [3.05, 3.63) is 75.2 Å². The van der Waals surface area contributed by atoms with Gasteiger partial charge in [0, 0.05) is 28.1 Å². The molecule has 1 heterocycles. The van der Waals surface area contributed by atoms with E-state index in [1.54, 1.807) is 29.5 Å². The second kappa shape index (κ2) is 11.6. The van der Waals surface area contributed by atoms with Crippen LogP contribution in [0.1, 0.15) is 57.4 Å². The van der Waals surface area contributed by atoms with Gasteiger partial charge in [0.15, 0.2) is 0 Å². The van der Waals surface area contributed by atoms with Crippen molar-refractivity contribution in [3.8, 4) is 5.75 Å². The predicted molar refractivity (Wildman–Crippen MR) is 124 cm³/mol. The Hall–Kier alpha value is -2.45. The first-order chi connectivity index (χ1) is 15.5. The van der Waals surface area contributed by atoms with Gasteiger partial charge in [-0.2, -0.15) is 0 Å². The molecule has 164 valence electrons. The van der Waals surface area contributed by atoms with Gasteiger partial charge >= 0.3 is 29.6 Å². The molecule has 0 unspecified atom stereocenters. The molecule has 33 heavy (non-hydrogen) atoms. The van der Waals surface area contributed by atoms with Crippen molar-refractivity contribution in [1.29, 1.82) is 0 Å². The Kier molecular flexibility index (Phi) is 8.86. The zero-order chi connectivity index (χ0) is 22.5. The molecule has 0 radical (unpaired) electrons. The average Bonchev–Trinajstić information content (AvgIpc) is 3.19. The van der Waals surface area contributed by atoms with Gasteiger partial charge in [0.05, 0.1) is 25.2 Å². The van der Waals surface area contributed by atoms with Crippen molar-refractivity contribution in [2.75, 3.05) is 12.4 Å². The molecule has 8 heteroatoms. The van der Waals surface area contributed by atoms with Crippen molar-refractivity contribution in [2.45, 2.75) is 31.6 Å². The average molecular weight is 471 g/mol. The minimum absolute atomic E-state index is 0. The summed E-state index contributed by atoms with van der Waals surface area (Å²) in [7, 11) is 1.43. The van der Waals surface area contributed by atoms with E-state index in [0.717, 1.165) is 10.6 Å². The zero-order valence-corrected chi connectivity index (χ0v) is 21.5. The quantitative estimate of drug-likeness (QED) is 0.499. The van der Waals surface area contributed by atoms with Gasteiger partial charge in [0.1, 0.15) is 10.8 Å². The SMILES string of the molecule is COc1cccc(C(=O)[O-])c1CC(=O)Nc1cccc(/C=C/c2nc(C3CCC3)cs2)c1.[Na+]. The van der Waals surface area contributed by atoms with Crippen LogP contribution in [-0.4, -0.2) is 24.0 Å². The van der Waals surface area contributed by atoms with Crippen LogP contribution in [0.3, 0.4) is 0 Å². The number of carboxylic acid groups (broad SMARTS) is 1. The van der Waals surface area contributed by atoms with Crippen LogP contribution in [0, 0.1) is 0 Å². The molecule has 3 aromatic rings. The monoisotopic (exact) mass is 470 g/mol. The third kappa shape index (κ3) is 6.32. The molecule has 1 saturated carbocycles. The van der Waals surface area contributed by atoms with E-state index in [4.69, 9.17) is 9.72 Å². The Labute approximate surface area is 219 Å². The van der Waals surface area contributed by atoms with E-state index in [0.29, 0.717) is 17.4 Å². The van der Waals surface area contributed by atoms with Crippen molar-refractivity contribution in [1.82, 2.24) is 4.98 Å². The summed E-state index contributed by atoms with van der Waals surface area (Å²) >= 11 is 1.64. The van der Waals surface area contributed by atoms with Crippen LogP contribution in [0.25, 0.3) is 12.2 Å². The molecule has 0 saturated heterocycles. The van der Waals surface area contributed by atoms with Crippen LogP contribution in [-0.2, 0) is 11.2 Å². The van der Waals surface area contributed by atoms with Gasteiger partial charge in [0.25, 0.3) is 0 Å². The van der Waals surface area contributed by atoms with Crippen molar-refractivity contribution < 1.29 is 49.0 Å². The summed E-state index contributed by atoms with van der Waals surface area (Å²) in [5, 5.41) is 17.3. The van der Waals surface area contributed by atoms with Crippen LogP contribution in [0.2, 0.25) is 0 Å². The number of nitrogens with zero attached hydrogens (tertiary/aromatic N) is 1. The van der Waals surface area contributed by atoms with E-state index >= 15 is 0 Å². The fourth-order valence-electron chi connectivity index (χ4n) is 3.65. The van der Waals surface area contributed by atoms with Gasteiger partial charge < -0.3 is 20.0 Å². The normalized spacial score (nSPS) is 13.2. The van der Waals surface area contributed by atoms with Crippen LogP contribution in [0.15, 0.2) is 47.8 Å².